The molecule has 0 atom stereocenters. The molecule has 0 radical (unpaired) electrons. The second-order valence-electron chi connectivity index (χ2n) is 8.42. The van der Waals surface area contributed by atoms with Crippen LogP contribution in [-0.2, 0) is 16.4 Å². The van der Waals surface area contributed by atoms with Crippen molar-refractivity contribution < 1.29 is 17.9 Å². The number of nitrogens with zero attached hydrogens (tertiary/aromatic N) is 2. The maximum Gasteiger partial charge on any atom is 0.343 e. The van der Waals surface area contributed by atoms with Gasteiger partial charge in [-0.05, 0) is 78.2 Å². The molecule has 5 rings (SSSR count). The van der Waals surface area contributed by atoms with Crippen molar-refractivity contribution in [1.82, 2.24) is 4.57 Å². The van der Waals surface area contributed by atoms with Gasteiger partial charge in [-0.1, -0.05) is 55.5 Å². The van der Waals surface area contributed by atoms with Crippen molar-refractivity contribution >= 4 is 27.3 Å². The maximum atomic E-state index is 13.2. The van der Waals surface area contributed by atoms with Gasteiger partial charge in [-0.2, -0.15) is 8.42 Å². The quantitative estimate of drug-likeness (QED) is 0.180. The predicted octanol–water partition coefficient (Wildman–Crippen LogP) is 6.28. The Labute approximate surface area is 225 Å². The molecule has 0 amide bonds. The first-order valence-corrected chi connectivity index (χ1v) is 14.3. The topological polar surface area (TPSA) is 77.7 Å². The average Bonchev–Trinajstić information content (AvgIpc) is 3.37. The van der Waals surface area contributed by atoms with E-state index in [0.717, 1.165) is 28.9 Å². The van der Waals surface area contributed by atoms with Crippen LogP contribution in [0.2, 0.25) is 0 Å². The van der Waals surface area contributed by atoms with Gasteiger partial charge in [0.2, 0.25) is 4.80 Å². The summed E-state index contributed by atoms with van der Waals surface area (Å²) in [6.07, 6.45) is 0.823. The molecule has 0 spiro atoms. The Hall–Kier alpha value is -4.27. The zero-order chi connectivity index (χ0) is 26.5. The van der Waals surface area contributed by atoms with Gasteiger partial charge in [0.1, 0.15) is 5.75 Å². The van der Waals surface area contributed by atoms with Crippen molar-refractivity contribution in [2.45, 2.75) is 18.2 Å². The second-order valence-corrected chi connectivity index (χ2v) is 10.9. The molecule has 38 heavy (non-hydrogen) atoms. The second kappa shape index (κ2) is 11.0. The molecule has 0 fully saturated rings. The van der Waals surface area contributed by atoms with Crippen LogP contribution in [0.5, 0.6) is 5.75 Å². The molecular formula is C30H24N2O4S2. The number of thiazole rings is 1. The molecule has 6 nitrogen and oxygen atoms in total. The standard InChI is InChI=1S/C30H24N2O4S2/c1-2-22-13-19-27(20-14-22)38(34,35)31-30-32(25-11-7-4-8-12-25)28(21-37-30)23-15-17-26(18-16-23)36-29(33)24-9-5-3-6-10-24/h3-21H,2H2,1H3. The van der Waals surface area contributed by atoms with Crippen LogP contribution >= 0.6 is 11.3 Å². The molecule has 1 heterocycles. The molecule has 5 aromatic rings. The van der Waals surface area contributed by atoms with E-state index in [2.05, 4.69) is 4.40 Å². The Morgan fingerprint density at radius 3 is 2.11 bits per heavy atom. The largest absolute Gasteiger partial charge is 0.423 e. The van der Waals surface area contributed by atoms with Gasteiger partial charge in [0, 0.05) is 11.1 Å². The number of carbonyl (C=O) groups is 1. The van der Waals surface area contributed by atoms with Crippen LogP contribution in [0.15, 0.2) is 124 Å². The van der Waals surface area contributed by atoms with Gasteiger partial charge in [0.05, 0.1) is 16.2 Å². The highest BCUT2D eigenvalue weighted by Gasteiger charge is 2.17. The van der Waals surface area contributed by atoms with Crippen LogP contribution < -0.4 is 9.54 Å². The number of carbonyl (C=O) groups excluding carboxylic acids is 1. The number of aryl methyl sites for hydroxylation is 1. The molecule has 190 valence electrons. The summed E-state index contributed by atoms with van der Waals surface area (Å²) in [7, 11) is -3.93. The van der Waals surface area contributed by atoms with Gasteiger partial charge in [-0.3, -0.25) is 4.57 Å². The Balaban J connectivity index is 1.52. The predicted molar refractivity (Wildman–Crippen MR) is 149 cm³/mol. The van der Waals surface area contributed by atoms with Crippen molar-refractivity contribution in [3.63, 3.8) is 0 Å². The van der Waals surface area contributed by atoms with E-state index in [-0.39, 0.29) is 4.90 Å². The normalized spacial score (nSPS) is 11.9. The number of ether oxygens (including phenoxy) is 1. The Morgan fingerprint density at radius 1 is 0.842 bits per heavy atom. The highest BCUT2D eigenvalue weighted by atomic mass is 32.2. The summed E-state index contributed by atoms with van der Waals surface area (Å²) in [6.45, 7) is 2.02. The number of esters is 1. The fourth-order valence-corrected chi connectivity index (χ4v) is 6.00. The SMILES string of the molecule is CCc1ccc(S(=O)(=O)N=c2scc(-c3ccc(OC(=O)c4ccccc4)cc3)n2-c2ccccc2)cc1. The molecule has 0 N–H and O–H groups in total. The summed E-state index contributed by atoms with van der Waals surface area (Å²) < 4.78 is 37.9. The van der Waals surface area contributed by atoms with E-state index in [0.29, 0.717) is 16.1 Å². The zero-order valence-corrected chi connectivity index (χ0v) is 22.2. The number of hydrogen-bond donors (Lipinski definition) is 0. The van der Waals surface area contributed by atoms with E-state index in [1.54, 1.807) is 60.7 Å². The first-order chi connectivity index (χ1) is 18.4. The summed E-state index contributed by atoms with van der Waals surface area (Å²) in [5.41, 5.74) is 3.87. The number of benzene rings is 4. The molecule has 1 aromatic heterocycles. The zero-order valence-electron chi connectivity index (χ0n) is 20.5. The van der Waals surface area contributed by atoms with Gasteiger partial charge in [0.25, 0.3) is 10.0 Å². The lowest BCUT2D eigenvalue weighted by Gasteiger charge is -2.10. The van der Waals surface area contributed by atoms with Crippen LogP contribution in [0.1, 0.15) is 22.8 Å². The van der Waals surface area contributed by atoms with E-state index in [4.69, 9.17) is 4.74 Å². The molecule has 0 saturated heterocycles. The minimum Gasteiger partial charge on any atom is -0.423 e. The third kappa shape index (κ3) is 5.51. The van der Waals surface area contributed by atoms with Crippen molar-refractivity contribution in [2.75, 3.05) is 0 Å². The fraction of sp³-hybridized carbons (Fsp3) is 0.0667. The Morgan fingerprint density at radius 2 is 1.47 bits per heavy atom. The molecular weight excluding hydrogens is 516 g/mol. The molecule has 0 aliphatic rings. The van der Waals surface area contributed by atoms with Crippen LogP contribution in [0.4, 0.5) is 0 Å². The number of rotatable bonds is 7. The van der Waals surface area contributed by atoms with Gasteiger partial charge in [0.15, 0.2) is 0 Å². The Kier molecular flexibility index (Phi) is 7.35. The van der Waals surface area contributed by atoms with Crippen molar-refractivity contribution in [1.29, 1.82) is 0 Å². The third-order valence-electron chi connectivity index (χ3n) is 5.92. The van der Waals surface area contributed by atoms with Crippen molar-refractivity contribution in [2.24, 2.45) is 4.40 Å². The van der Waals surface area contributed by atoms with Crippen molar-refractivity contribution in [3.05, 3.63) is 131 Å². The van der Waals surface area contributed by atoms with Gasteiger partial charge in [-0.25, -0.2) is 4.79 Å². The minimum atomic E-state index is -3.93. The van der Waals surface area contributed by atoms with Crippen LogP contribution in [-0.4, -0.2) is 19.0 Å². The number of hydrogen-bond acceptors (Lipinski definition) is 5. The fourth-order valence-electron chi connectivity index (χ4n) is 3.89. The monoisotopic (exact) mass is 540 g/mol. The minimum absolute atomic E-state index is 0.147. The summed E-state index contributed by atoms with van der Waals surface area (Å²) in [5, 5.41) is 1.87. The molecule has 0 aliphatic heterocycles. The smallest absolute Gasteiger partial charge is 0.343 e. The lowest BCUT2D eigenvalue weighted by Crippen LogP contribution is -2.16. The lowest BCUT2D eigenvalue weighted by atomic mass is 10.1. The number of aromatic nitrogens is 1. The molecule has 0 unspecified atom stereocenters. The molecule has 0 aliphatic carbocycles. The summed E-state index contributed by atoms with van der Waals surface area (Å²) in [5.74, 6) is -0.0291. The van der Waals surface area contributed by atoms with Crippen LogP contribution in [0, 0.1) is 0 Å². The van der Waals surface area contributed by atoms with E-state index < -0.39 is 16.0 Å². The summed E-state index contributed by atoms with van der Waals surface area (Å²) in [4.78, 5) is 12.9. The maximum absolute atomic E-state index is 13.2. The van der Waals surface area contributed by atoms with Crippen LogP contribution in [0.25, 0.3) is 16.9 Å². The average molecular weight is 541 g/mol. The molecule has 8 heteroatoms. The van der Waals surface area contributed by atoms with E-state index in [1.807, 2.05) is 65.4 Å². The number of sulfonamides is 1. The Bertz CT molecular complexity index is 1720. The van der Waals surface area contributed by atoms with Gasteiger partial charge in [-0.15, -0.1) is 15.7 Å². The first kappa shape index (κ1) is 25.4. The molecule has 4 aromatic carbocycles. The molecule has 0 bridgehead atoms. The van der Waals surface area contributed by atoms with Crippen LogP contribution in [0.3, 0.4) is 0 Å². The van der Waals surface area contributed by atoms with E-state index in [1.165, 1.54) is 11.3 Å². The summed E-state index contributed by atoms with van der Waals surface area (Å²) in [6, 6.07) is 32.1. The van der Waals surface area contributed by atoms with Crippen molar-refractivity contribution in [3.8, 4) is 22.7 Å². The summed E-state index contributed by atoms with van der Waals surface area (Å²) >= 11 is 1.24. The van der Waals surface area contributed by atoms with E-state index >= 15 is 0 Å². The molecule has 0 saturated carbocycles. The highest BCUT2D eigenvalue weighted by molar-refractivity contribution is 7.90. The van der Waals surface area contributed by atoms with E-state index in [9.17, 15) is 13.2 Å². The van der Waals surface area contributed by atoms with Gasteiger partial charge < -0.3 is 4.74 Å². The lowest BCUT2D eigenvalue weighted by molar-refractivity contribution is 0.0734. The highest BCUT2D eigenvalue weighted by Crippen LogP contribution is 2.26. The first-order valence-electron chi connectivity index (χ1n) is 12.0. The van der Waals surface area contributed by atoms with Gasteiger partial charge >= 0.3 is 5.97 Å². The number of para-hydroxylation sites is 1. The third-order valence-corrected chi connectivity index (χ3v) is 8.14.